The summed E-state index contributed by atoms with van der Waals surface area (Å²) in [7, 11) is 0. The fourth-order valence-corrected chi connectivity index (χ4v) is 0.258. The lowest BCUT2D eigenvalue weighted by molar-refractivity contribution is -0.122. The molecule has 0 aromatic heterocycles. The standard InChI is InChI=1S/C5H12O.CH2O2/c1-5(2)3-4-6;2-1-3/h5-6H,3-4H2,1-2H3;1H,(H,2,3). The highest BCUT2D eigenvalue weighted by molar-refractivity contribution is 5.32. The Morgan fingerprint density at radius 3 is 1.89 bits per heavy atom. The molecule has 0 aliphatic rings. The molecule has 0 aliphatic heterocycles. The minimum Gasteiger partial charge on any atom is -0.483 e. The Balaban J connectivity index is 0. The van der Waals surface area contributed by atoms with Gasteiger partial charge >= 0.3 is 0 Å². The summed E-state index contributed by atoms with van der Waals surface area (Å²) in [5.74, 6) is 0.648. The van der Waals surface area contributed by atoms with Crippen LogP contribution in [0.3, 0.4) is 0 Å². The zero-order chi connectivity index (χ0) is 7.70. The minimum absolute atomic E-state index is 0.250. The van der Waals surface area contributed by atoms with Crippen LogP contribution in [0.25, 0.3) is 0 Å². The first kappa shape index (κ1) is 11.3. The molecule has 0 unspecified atom stereocenters. The van der Waals surface area contributed by atoms with Crippen molar-refractivity contribution < 1.29 is 15.0 Å². The molecule has 3 nitrogen and oxygen atoms in total. The van der Waals surface area contributed by atoms with Crippen LogP contribution in [-0.4, -0.2) is 23.3 Å². The summed E-state index contributed by atoms with van der Waals surface area (Å²) in [4.78, 5) is 8.36. The van der Waals surface area contributed by atoms with Crippen LogP contribution >= 0.6 is 0 Å². The zero-order valence-corrected chi connectivity index (χ0v) is 5.87. The zero-order valence-electron chi connectivity index (χ0n) is 5.87. The quantitative estimate of drug-likeness (QED) is 0.547. The van der Waals surface area contributed by atoms with E-state index < -0.39 is 0 Å². The molecule has 2 N–H and O–H groups in total. The van der Waals surface area contributed by atoms with E-state index in [4.69, 9.17) is 15.0 Å². The van der Waals surface area contributed by atoms with E-state index in [0.29, 0.717) is 12.5 Å². The highest BCUT2D eigenvalue weighted by Gasteiger charge is 1.86. The van der Waals surface area contributed by atoms with Gasteiger partial charge < -0.3 is 10.2 Å². The first-order chi connectivity index (χ1) is 4.18. The van der Waals surface area contributed by atoms with Crippen molar-refractivity contribution in [1.29, 1.82) is 0 Å². The van der Waals surface area contributed by atoms with Crippen molar-refractivity contribution in [3.05, 3.63) is 0 Å². The van der Waals surface area contributed by atoms with Crippen molar-refractivity contribution in [2.75, 3.05) is 6.61 Å². The molecule has 0 heterocycles. The van der Waals surface area contributed by atoms with Crippen molar-refractivity contribution in [2.45, 2.75) is 20.3 Å². The number of hydrogen-bond acceptors (Lipinski definition) is 2. The Kier molecular flexibility index (Phi) is 13.0. The van der Waals surface area contributed by atoms with Gasteiger partial charge in [-0.25, -0.2) is 0 Å². The number of hydrogen-bond donors (Lipinski definition) is 2. The minimum atomic E-state index is -0.250. The van der Waals surface area contributed by atoms with Crippen LogP contribution in [0.2, 0.25) is 0 Å². The number of carbonyl (C=O) groups is 1. The van der Waals surface area contributed by atoms with Gasteiger partial charge in [-0.05, 0) is 12.3 Å². The number of rotatable bonds is 2. The van der Waals surface area contributed by atoms with Crippen LogP contribution in [0.1, 0.15) is 20.3 Å². The molecule has 0 amide bonds. The van der Waals surface area contributed by atoms with Crippen LogP contribution in [0.5, 0.6) is 0 Å². The molecule has 0 aromatic carbocycles. The number of aliphatic hydroxyl groups excluding tert-OH is 1. The largest absolute Gasteiger partial charge is 0.483 e. The maximum atomic E-state index is 8.36. The van der Waals surface area contributed by atoms with E-state index in [0.717, 1.165) is 6.42 Å². The maximum absolute atomic E-state index is 8.36. The third-order valence-electron chi connectivity index (χ3n) is 0.706. The second kappa shape index (κ2) is 10.4. The average Bonchev–Trinajstić information content (AvgIpc) is 1.67. The molecule has 0 radical (unpaired) electrons. The molecular formula is C6H14O3. The van der Waals surface area contributed by atoms with E-state index in [1.165, 1.54) is 0 Å². The fraction of sp³-hybridized carbons (Fsp3) is 0.833. The molecule has 9 heavy (non-hydrogen) atoms. The van der Waals surface area contributed by atoms with Crippen LogP contribution < -0.4 is 0 Å². The molecule has 0 aromatic rings. The summed E-state index contributed by atoms with van der Waals surface area (Å²) in [5, 5.41) is 15.1. The van der Waals surface area contributed by atoms with Crippen molar-refractivity contribution in [3.63, 3.8) is 0 Å². The lowest BCUT2D eigenvalue weighted by atomic mass is 10.2. The van der Waals surface area contributed by atoms with E-state index in [1.54, 1.807) is 0 Å². The molecule has 0 atom stereocenters. The van der Waals surface area contributed by atoms with Crippen molar-refractivity contribution in [2.24, 2.45) is 5.92 Å². The molecule has 0 fully saturated rings. The van der Waals surface area contributed by atoms with Gasteiger partial charge in [0.15, 0.2) is 0 Å². The van der Waals surface area contributed by atoms with Crippen LogP contribution in [0, 0.1) is 5.92 Å². The third-order valence-corrected chi connectivity index (χ3v) is 0.706. The Morgan fingerprint density at radius 2 is 1.89 bits per heavy atom. The SMILES string of the molecule is CC(C)CCO.O=CO. The predicted molar refractivity (Wildman–Crippen MR) is 35.2 cm³/mol. The first-order valence-electron chi connectivity index (χ1n) is 2.87. The summed E-state index contributed by atoms with van der Waals surface area (Å²) < 4.78 is 0. The Morgan fingerprint density at radius 1 is 1.56 bits per heavy atom. The predicted octanol–water partition coefficient (Wildman–Crippen LogP) is 0.726. The molecule has 3 heteroatoms. The van der Waals surface area contributed by atoms with Gasteiger partial charge in [0.1, 0.15) is 0 Å². The van der Waals surface area contributed by atoms with Crippen LogP contribution in [0.15, 0.2) is 0 Å². The molecule has 0 aliphatic carbocycles. The number of aliphatic hydroxyl groups is 1. The van der Waals surface area contributed by atoms with E-state index in [2.05, 4.69) is 13.8 Å². The van der Waals surface area contributed by atoms with Gasteiger partial charge in [0, 0.05) is 6.61 Å². The topological polar surface area (TPSA) is 57.5 Å². The molecule has 0 saturated heterocycles. The second-order valence-corrected chi connectivity index (χ2v) is 2.01. The Hall–Kier alpha value is -0.570. The van der Waals surface area contributed by atoms with Crippen molar-refractivity contribution in [3.8, 4) is 0 Å². The summed E-state index contributed by atoms with van der Waals surface area (Å²) in [6.45, 7) is 4.27. The van der Waals surface area contributed by atoms with E-state index in [1.807, 2.05) is 0 Å². The molecular weight excluding hydrogens is 120 g/mol. The summed E-state index contributed by atoms with van der Waals surface area (Å²) in [6.07, 6.45) is 0.931. The Bertz CT molecular complexity index is 52.3. The highest BCUT2D eigenvalue weighted by Crippen LogP contribution is 1.94. The van der Waals surface area contributed by atoms with E-state index in [9.17, 15) is 0 Å². The van der Waals surface area contributed by atoms with Gasteiger partial charge in [0.2, 0.25) is 0 Å². The van der Waals surface area contributed by atoms with Crippen molar-refractivity contribution >= 4 is 6.47 Å². The monoisotopic (exact) mass is 134 g/mol. The van der Waals surface area contributed by atoms with Crippen LogP contribution in [-0.2, 0) is 4.79 Å². The van der Waals surface area contributed by atoms with Gasteiger partial charge in [0.25, 0.3) is 6.47 Å². The normalized spacial score (nSPS) is 8.00. The summed E-state index contributed by atoms with van der Waals surface area (Å²) in [6, 6.07) is 0. The maximum Gasteiger partial charge on any atom is 0.290 e. The van der Waals surface area contributed by atoms with Crippen molar-refractivity contribution in [1.82, 2.24) is 0 Å². The molecule has 0 saturated carbocycles. The molecule has 0 spiro atoms. The van der Waals surface area contributed by atoms with Gasteiger partial charge in [0.05, 0.1) is 0 Å². The first-order valence-corrected chi connectivity index (χ1v) is 2.87. The fourth-order valence-electron chi connectivity index (χ4n) is 0.258. The van der Waals surface area contributed by atoms with Crippen LogP contribution in [0.4, 0.5) is 0 Å². The lowest BCUT2D eigenvalue weighted by Crippen LogP contribution is -1.89. The van der Waals surface area contributed by atoms with E-state index in [-0.39, 0.29) is 6.47 Å². The third kappa shape index (κ3) is 37.1. The van der Waals surface area contributed by atoms with Gasteiger partial charge in [-0.1, -0.05) is 13.8 Å². The molecule has 56 valence electrons. The summed E-state index contributed by atoms with van der Waals surface area (Å²) >= 11 is 0. The molecule has 0 rings (SSSR count). The van der Waals surface area contributed by atoms with Gasteiger partial charge in [-0.2, -0.15) is 0 Å². The lowest BCUT2D eigenvalue weighted by Gasteiger charge is -1.95. The smallest absolute Gasteiger partial charge is 0.290 e. The molecule has 0 bridgehead atoms. The van der Waals surface area contributed by atoms with Gasteiger partial charge in [-0.3, -0.25) is 4.79 Å². The van der Waals surface area contributed by atoms with Gasteiger partial charge in [-0.15, -0.1) is 0 Å². The second-order valence-electron chi connectivity index (χ2n) is 2.01. The summed E-state index contributed by atoms with van der Waals surface area (Å²) in [5.41, 5.74) is 0. The van der Waals surface area contributed by atoms with E-state index >= 15 is 0 Å². The Labute approximate surface area is 55.3 Å². The highest BCUT2D eigenvalue weighted by atomic mass is 16.3. The number of carboxylic acid groups (broad SMARTS) is 1. The average molecular weight is 134 g/mol.